The molecular formula is C13H25N3O3. The standard InChI is InChI=1S/C13H25N3O3/c1-4-16(9-11(17)15(2)3)12(18)13(10-14)5-7-19-8-6-13/h4-10,14H2,1-3H3. The van der Waals surface area contributed by atoms with E-state index in [9.17, 15) is 9.59 Å². The number of hydrogen-bond donors (Lipinski definition) is 1. The Bertz CT molecular complexity index is 325. The first-order chi connectivity index (χ1) is 8.96. The lowest BCUT2D eigenvalue weighted by Crippen LogP contribution is -2.52. The summed E-state index contributed by atoms with van der Waals surface area (Å²) in [6, 6.07) is 0. The topological polar surface area (TPSA) is 75.9 Å². The molecule has 2 amide bonds. The third-order valence-electron chi connectivity index (χ3n) is 3.79. The van der Waals surface area contributed by atoms with Crippen LogP contribution in [0.4, 0.5) is 0 Å². The highest BCUT2D eigenvalue weighted by atomic mass is 16.5. The summed E-state index contributed by atoms with van der Waals surface area (Å²) in [6.45, 7) is 3.93. The van der Waals surface area contributed by atoms with Gasteiger partial charge in [-0.2, -0.15) is 0 Å². The number of carbonyl (C=O) groups excluding carboxylic acids is 2. The second-order valence-corrected chi connectivity index (χ2v) is 5.20. The summed E-state index contributed by atoms with van der Waals surface area (Å²) in [4.78, 5) is 27.5. The second-order valence-electron chi connectivity index (χ2n) is 5.20. The zero-order valence-corrected chi connectivity index (χ0v) is 12.1. The van der Waals surface area contributed by atoms with Gasteiger partial charge in [-0.3, -0.25) is 9.59 Å². The number of nitrogens with zero attached hydrogens (tertiary/aromatic N) is 2. The molecule has 0 unspecified atom stereocenters. The summed E-state index contributed by atoms with van der Waals surface area (Å²) in [7, 11) is 3.38. The van der Waals surface area contributed by atoms with Crippen molar-refractivity contribution in [2.24, 2.45) is 11.1 Å². The monoisotopic (exact) mass is 271 g/mol. The SMILES string of the molecule is CCN(CC(=O)N(C)C)C(=O)C1(CN)CCOCC1. The summed E-state index contributed by atoms with van der Waals surface area (Å²) in [5.74, 6) is -0.0922. The molecule has 0 aromatic carbocycles. The molecule has 1 aliphatic rings. The van der Waals surface area contributed by atoms with Crippen molar-refractivity contribution in [3.8, 4) is 0 Å². The Hall–Kier alpha value is -1.14. The molecule has 6 heteroatoms. The van der Waals surface area contributed by atoms with Crippen LogP contribution in [-0.2, 0) is 14.3 Å². The highest BCUT2D eigenvalue weighted by Crippen LogP contribution is 2.31. The smallest absolute Gasteiger partial charge is 0.241 e. The minimum Gasteiger partial charge on any atom is -0.381 e. The number of rotatable bonds is 5. The van der Waals surface area contributed by atoms with Crippen LogP contribution in [0.2, 0.25) is 0 Å². The van der Waals surface area contributed by atoms with Gasteiger partial charge in [0.2, 0.25) is 11.8 Å². The first-order valence-electron chi connectivity index (χ1n) is 6.74. The molecule has 1 saturated heterocycles. The summed E-state index contributed by atoms with van der Waals surface area (Å²) in [5, 5.41) is 0. The van der Waals surface area contributed by atoms with Gasteiger partial charge < -0.3 is 20.3 Å². The fourth-order valence-corrected chi connectivity index (χ4v) is 2.23. The predicted octanol–water partition coefficient (Wildman–Crippen LogP) is -0.321. The zero-order valence-electron chi connectivity index (χ0n) is 12.1. The molecule has 1 aliphatic heterocycles. The molecule has 19 heavy (non-hydrogen) atoms. The van der Waals surface area contributed by atoms with Crippen LogP contribution in [0.3, 0.4) is 0 Å². The number of ether oxygens (including phenoxy) is 1. The van der Waals surface area contributed by atoms with E-state index in [2.05, 4.69) is 0 Å². The molecule has 1 fully saturated rings. The number of amides is 2. The van der Waals surface area contributed by atoms with Crippen molar-refractivity contribution in [1.82, 2.24) is 9.80 Å². The van der Waals surface area contributed by atoms with E-state index >= 15 is 0 Å². The fraction of sp³-hybridized carbons (Fsp3) is 0.846. The van der Waals surface area contributed by atoms with Crippen molar-refractivity contribution in [2.45, 2.75) is 19.8 Å². The Labute approximate surface area is 114 Å². The van der Waals surface area contributed by atoms with Gasteiger partial charge in [0.15, 0.2) is 0 Å². The van der Waals surface area contributed by atoms with E-state index in [4.69, 9.17) is 10.5 Å². The van der Waals surface area contributed by atoms with Crippen molar-refractivity contribution in [3.63, 3.8) is 0 Å². The van der Waals surface area contributed by atoms with Crippen LogP contribution < -0.4 is 5.73 Å². The summed E-state index contributed by atoms with van der Waals surface area (Å²) in [6.07, 6.45) is 1.27. The molecule has 2 N–H and O–H groups in total. The molecule has 110 valence electrons. The number of carbonyl (C=O) groups is 2. The normalized spacial score (nSPS) is 17.9. The van der Waals surface area contributed by atoms with Gasteiger partial charge in [-0.15, -0.1) is 0 Å². The van der Waals surface area contributed by atoms with Crippen LogP contribution in [0.5, 0.6) is 0 Å². The highest BCUT2D eigenvalue weighted by Gasteiger charge is 2.41. The zero-order chi connectivity index (χ0) is 14.5. The molecule has 0 atom stereocenters. The maximum atomic E-state index is 12.7. The lowest BCUT2D eigenvalue weighted by molar-refractivity contribution is -0.150. The molecule has 0 saturated carbocycles. The summed E-state index contributed by atoms with van der Waals surface area (Å²) < 4.78 is 5.31. The third kappa shape index (κ3) is 3.67. The Kier molecular flexibility index (Phi) is 5.75. The lowest BCUT2D eigenvalue weighted by atomic mass is 9.79. The van der Waals surface area contributed by atoms with Gasteiger partial charge in [0.05, 0.1) is 12.0 Å². The van der Waals surface area contributed by atoms with Gasteiger partial charge in [-0.05, 0) is 19.8 Å². The van der Waals surface area contributed by atoms with Crippen LogP contribution in [0.15, 0.2) is 0 Å². The quantitative estimate of drug-likeness (QED) is 0.743. The minimum absolute atomic E-state index is 0.0176. The first-order valence-corrected chi connectivity index (χ1v) is 6.74. The van der Waals surface area contributed by atoms with Gasteiger partial charge in [0.1, 0.15) is 0 Å². The van der Waals surface area contributed by atoms with E-state index in [1.165, 1.54) is 4.90 Å². The molecule has 0 aliphatic carbocycles. The predicted molar refractivity (Wildman–Crippen MR) is 72.5 cm³/mol. The average molecular weight is 271 g/mol. The largest absolute Gasteiger partial charge is 0.381 e. The third-order valence-corrected chi connectivity index (χ3v) is 3.79. The van der Waals surface area contributed by atoms with Crippen LogP contribution in [0, 0.1) is 5.41 Å². The van der Waals surface area contributed by atoms with Crippen molar-refractivity contribution >= 4 is 11.8 Å². The molecule has 1 heterocycles. The second kappa shape index (κ2) is 6.86. The van der Waals surface area contributed by atoms with E-state index in [0.29, 0.717) is 39.1 Å². The van der Waals surface area contributed by atoms with Gasteiger partial charge in [0, 0.05) is 40.4 Å². The highest BCUT2D eigenvalue weighted by molar-refractivity contribution is 5.88. The van der Waals surface area contributed by atoms with E-state index < -0.39 is 5.41 Å². The molecule has 1 rings (SSSR count). The average Bonchev–Trinajstić information content (AvgIpc) is 2.44. The van der Waals surface area contributed by atoms with Crippen molar-refractivity contribution in [2.75, 3.05) is 46.9 Å². The Morgan fingerprint density at radius 2 is 1.84 bits per heavy atom. The Morgan fingerprint density at radius 3 is 2.26 bits per heavy atom. The van der Waals surface area contributed by atoms with Gasteiger partial charge in [-0.1, -0.05) is 0 Å². The minimum atomic E-state index is -0.555. The van der Waals surface area contributed by atoms with Crippen molar-refractivity contribution in [1.29, 1.82) is 0 Å². The van der Waals surface area contributed by atoms with E-state index in [-0.39, 0.29) is 18.4 Å². The maximum absolute atomic E-state index is 12.7. The summed E-state index contributed by atoms with van der Waals surface area (Å²) in [5.41, 5.74) is 5.27. The Morgan fingerprint density at radius 1 is 1.26 bits per heavy atom. The number of hydrogen-bond acceptors (Lipinski definition) is 4. The molecule has 0 aromatic rings. The van der Waals surface area contributed by atoms with Gasteiger partial charge >= 0.3 is 0 Å². The van der Waals surface area contributed by atoms with Crippen LogP contribution in [0.1, 0.15) is 19.8 Å². The first kappa shape index (κ1) is 15.9. The van der Waals surface area contributed by atoms with E-state index in [1.807, 2.05) is 6.92 Å². The molecule has 6 nitrogen and oxygen atoms in total. The molecule has 0 bridgehead atoms. The van der Waals surface area contributed by atoms with E-state index in [0.717, 1.165) is 0 Å². The maximum Gasteiger partial charge on any atom is 0.241 e. The lowest BCUT2D eigenvalue weighted by Gasteiger charge is -2.38. The van der Waals surface area contributed by atoms with Crippen LogP contribution >= 0.6 is 0 Å². The van der Waals surface area contributed by atoms with Gasteiger partial charge in [-0.25, -0.2) is 0 Å². The van der Waals surface area contributed by atoms with Crippen LogP contribution in [0.25, 0.3) is 0 Å². The van der Waals surface area contributed by atoms with Crippen LogP contribution in [-0.4, -0.2) is 68.6 Å². The molecule has 0 radical (unpaired) electrons. The van der Waals surface area contributed by atoms with Gasteiger partial charge in [0.25, 0.3) is 0 Å². The molecule has 0 spiro atoms. The van der Waals surface area contributed by atoms with E-state index in [1.54, 1.807) is 19.0 Å². The van der Waals surface area contributed by atoms with Crippen molar-refractivity contribution in [3.05, 3.63) is 0 Å². The number of nitrogens with two attached hydrogens (primary N) is 1. The number of likely N-dealkylation sites (N-methyl/N-ethyl adjacent to an activating group) is 2. The summed E-state index contributed by atoms with van der Waals surface area (Å²) >= 11 is 0. The fourth-order valence-electron chi connectivity index (χ4n) is 2.23. The molecule has 0 aromatic heterocycles. The molecular weight excluding hydrogens is 246 g/mol. The van der Waals surface area contributed by atoms with Crippen molar-refractivity contribution < 1.29 is 14.3 Å². The Balaban J connectivity index is 2.78.